The van der Waals surface area contributed by atoms with Crippen molar-refractivity contribution in [3.63, 3.8) is 0 Å². The zero-order valence-electron chi connectivity index (χ0n) is 17.8. The number of aryl methyl sites for hydroxylation is 1. The van der Waals surface area contributed by atoms with E-state index in [9.17, 15) is 9.35 Å². The van der Waals surface area contributed by atoms with Crippen LogP contribution in [0, 0.1) is 12.7 Å². The van der Waals surface area contributed by atoms with Crippen LogP contribution in [0.1, 0.15) is 56.8 Å². The van der Waals surface area contributed by atoms with E-state index in [2.05, 4.69) is 9.71 Å². The van der Waals surface area contributed by atoms with Gasteiger partial charge in [-0.25, -0.2) is 4.39 Å². The Balaban J connectivity index is 1.99. The van der Waals surface area contributed by atoms with Crippen molar-refractivity contribution in [3.05, 3.63) is 47.0 Å². The monoisotopic (exact) mass is 417 g/mol. The first kappa shape index (κ1) is 21.7. The number of benzene rings is 1. The van der Waals surface area contributed by atoms with Gasteiger partial charge in [-0.2, -0.15) is 0 Å². The van der Waals surface area contributed by atoms with Gasteiger partial charge < -0.3 is 9.45 Å². The minimum Gasteiger partial charge on any atom is -0.598 e. The molecule has 7 heteroatoms. The molecule has 1 amide bonds. The van der Waals surface area contributed by atoms with Crippen molar-refractivity contribution >= 4 is 23.0 Å². The largest absolute Gasteiger partial charge is 0.598 e. The van der Waals surface area contributed by atoms with E-state index >= 15 is 4.39 Å². The van der Waals surface area contributed by atoms with E-state index in [-0.39, 0.29) is 22.5 Å². The van der Waals surface area contributed by atoms with Crippen LogP contribution in [0.15, 0.2) is 24.5 Å². The van der Waals surface area contributed by atoms with E-state index in [0.717, 1.165) is 16.7 Å². The molecule has 156 valence electrons. The molecule has 0 unspecified atom stereocenters. The van der Waals surface area contributed by atoms with Gasteiger partial charge in [-0.15, -0.1) is 4.72 Å². The molecule has 0 saturated heterocycles. The summed E-state index contributed by atoms with van der Waals surface area (Å²) in [7, 11) is 1.68. The fraction of sp³-hybridized carbons (Fsp3) is 0.455. The third-order valence-electron chi connectivity index (χ3n) is 5.36. The number of carbonyl (C=O) groups is 1. The second-order valence-corrected chi connectivity index (χ2v) is 10.5. The molecule has 0 radical (unpaired) electrons. The third kappa shape index (κ3) is 4.32. The number of carbonyl (C=O) groups excluding carboxylic acids is 1. The number of hydrogen-bond donors (Lipinski definition) is 1. The Hall–Kier alpha value is -1.96. The van der Waals surface area contributed by atoms with E-state index in [1.54, 1.807) is 19.4 Å². The van der Waals surface area contributed by atoms with Gasteiger partial charge in [0.25, 0.3) is 0 Å². The first-order valence-electron chi connectivity index (χ1n) is 9.72. The molecule has 29 heavy (non-hydrogen) atoms. The standard InChI is InChI=1S/C22H28FN3O2S/c1-13-17(14(2)25-29(28)22(3,4)5)11-24-12-18(13)16-9-15-7-8-21(27)26(6)20(15)10-19(16)23/h9-12,14,25H,7-8H2,1-6H3/t14-,29-/m1/s1. The molecular formula is C22H28FN3O2S. The smallest absolute Gasteiger partial charge is 0.227 e. The Morgan fingerprint density at radius 3 is 2.59 bits per heavy atom. The maximum atomic E-state index is 15.0. The number of hydrogen-bond acceptors (Lipinski definition) is 4. The quantitative estimate of drug-likeness (QED) is 0.757. The molecule has 0 fully saturated rings. The molecule has 5 nitrogen and oxygen atoms in total. The van der Waals surface area contributed by atoms with Gasteiger partial charge in [0.1, 0.15) is 10.6 Å². The fourth-order valence-electron chi connectivity index (χ4n) is 3.52. The Kier molecular flexibility index (Phi) is 6.03. The number of halogens is 1. The molecular weight excluding hydrogens is 389 g/mol. The van der Waals surface area contributed by atoms with Gasteiger partial charge in [0.15, 0.2) is 0 Å². The molecule has 1 N–H and O–H groups in total. The maximum Gasteiger partial charge on any atom is 0.227 e. The highest BCUT2D eigenvalue weighted by Gasteiger charge is 2.29. The lowest BCUT2D eigenvalue weighted by molar-refractivity contribution is -0.118. The zero-order valence-corrected chi connectivity index (χ0v) is 18.6. The number of anilines is 1. The summed E-state index contributed by atoms with van der Waals surface area (Å²) in [6.07, 6.45) is 4.42. The summed E-state index contributed by atoms with van der Waals surface area (Å²) < 4.78 is 30.2. The van der Waals surface area contributed by atoms with Crippen molar-refractivity contribution in [2.75, 3.05) is 11.9 Å². The van der Waals surface area contributed by atoms with Crippen LogP contribution in [-0.4, -0.2) is 27.2 Å². The Bertz CT molecular complexity index is 942. The van der Waals surface area contributed by atoms with E-state index in [1.165, 1.54) is 11.0 Å². The summed E-state index contributed by atoms with van der Waals surface area (Å²) >= 11 is -1.23. The number of nitrogens with zero attached hydrogens (tertiary/aromatic N) is 2. The predicted molar refractivity (Wildman–Crippen MR) is 116 cm³/mol. The summed E-state index contributed by atoms with van der Waals surface area (Å²) in [6.45, 7) is 9.60. The highest BCUT2D eigenvalue weighted by atomic mass is 32.2. The Labute approximate surface area is 175 Å². The molecule has 2 aromatic rings. The van der Waals surface area contributed by atoms with Crippen molar-refractivity contribution in [1.29, 1.82) is 0 Å². The number of fused-ring (bicyclic) bond motifs is 1. The van der Waals surface area contributed by atoms with Crippen LogP contribution < -0.4 is 9.62 Å². The Morgan fingerprint density at radius 2 is 1.93 bits per heavy atom. The van der Waals surface area contributed by atoms with Crippen LogP contribution in [0.2, 0.25) is 0 Å². The molecule has 1 aliphatic heterocycles. The molecule has 3 rings (SSSR count). The summed E-state index contributed by atoms with van der Waals surface area (Å²) in [4.78, 5) is 17.8. The van der Waals surface area contributed by atoms with Gasteiger partial charge in [-0.05, 0) is 69.9 Å². The first-order chi connectivity index (χ1) is 13.5. The lowest BCUT2D eigenvalue weighted by atomic mass is 9.92. The highest BCUT2D eigenvalue weighted by Crippen LogP contribution is 2.36. The van der Waals surface area contributed by atoms with Crippen LogP contribution in [0.5, 0.6) is 0 Å². The van der Waals surface area contributed by atoms with Crippen LogP contribution in [0.4, 0.5) is 10.1 Å². The maximum absolute atomic E-state index is 15.0. The van der Waals surface area contributed by atoms with Gasteiger partial charge in [-0.1, -0.05) is 0 Å². The van der Waals surface area contributed by atoms with E-state index in [1.807, 2.05) is 40.7 Å². The molecule has 0 spiro atoms. The van der Waals surface area contributed by atoms with Crippen LogP contribution >= 0.6 is 0 Å². The molecule has 2 atom stereocenters. The zero-order chi connectivity index (χ0) is 21.5. The summed E-state index contributed by atoms with van der Waals surface area (Å²) in [6, 6.07) is 3.06. The van der Waals surface area contributed by atoms with Crippen molar-refractivity contribution in [2.24, 2.45) is 0 Å². The van der Waals surface area contributed by atoms with Gasteiger partial charge >= 0.3 is 0 Å². The highest BCUT2D eigenvalue weighted by molar-refractivity contribution is 7.90. The van der Waals surface area contributed by atoms with E-state index in [4.69, 9.17) is 0 Å². The van der Waals surface area contributed by atoms with E-state index < -0.39 is 11.4 Å². The van der Waals surface area contributed by atoms with Crippen molar-refractivity contribution in [1.82, 2.24) is 9.71 Å². The second kappa shape index (κ2) is 8.05. The van der Waals surface area contributed by atoms with Crippen LogP contribution in [0.25, 0.3) is 11.1 Å². The van der Waals surface area contributed by atoms with Gasteiger partial charge in [0.2, 0.25) is 5.91 Å². The van der Waals surface area contributed by atoms with Gasteiger partial charge in [0.05, 0.1) is 6.04 Å². The molecule has 1 aromatic carbocycles. The number of nitrogens with one attached hydrogen (secondary N) is 1. The SMILES string of the molecule is Cc1c(-c2cc3c(cc2F)N(C)C(=O)CC3)cncc1[C@@H](C)N[S@+]([O-])C(C)(C)C. The average molecular weight is 418 g/mol. The van der Waals surface area contributed by atoms with E-state index in [0.29, 0.717) is 29.7 Å². The molecule has 0 aliphatic carbocycles. The second-order valence-electron chi connectivity index (χ2n) is 8.54. The fourth-order valence-corrected chi connectivity index (χ4v) is 4.32. The third-order valence-corrected chi connectivity index (χ3v) is 7.04. The molecule has 2 heterocycles. The predicted octanol–water partition coefficient (Wildman–Crippen LogP) is 4.22. The molecule has 0 bridgehead atoms. The minimum absolute atomic E-state index is 0.00348. The number of amides is 1. The normalized spacial score (nSPS) is 16.6. The minimum atomic E-state index is -1.23. The van der Waals surface area contributed by atoms with Crippen molar-refractivity contribution < 1.29 is 13.7 Å². The van der Waals surface area contributed by atoms with Crippen LogP contribution in [0.3, 0.4) is 0 Å². The number of pyridine rings is 1. The van der Waals surface area contributed by atoms with Crippen LogP contribution in [-0.2, 0) is 22.6 Å². The lowest BCUT2D eigenvalue weighted by Crippen LogP contribution is -2.40. The lowest BCUT2D eigenvalue weighted by Gasteiger charge is -2.28. The Morgan fingerprint density at radius 1 is 1.24 bits per heavy atom. The summed E-state index contributed by atoms with van der Waals surface area (Å²) in [5.41, 5.74) is 4.53. The first-order valence-corrected chi connectivity index (χ1v) is 10.9. The van der Waals surface area contributed by atoms with Gasteiger partial charge in [-0.3, -0.25) is 9.78 Å². The number of rotatable bonds is 4. The summed E-state index contributed by atoms with van der Waals surface area (Å²) in [5, 5.41) is 0. The average Bonchev–Trinajstić information content (AvgIpc) is 2.64. The van der Waals surface area contributed by atoms with Crippen molar-refractivity contribution in [2.45, 2.75) is 58.2 Å². The molecule has 1 aliphatic rings. The van der Waals surface area contributed by atoms with Gasteiger partial charge in [0, 0.05) is 54.0 Å². The topological polar surface area (TPSA) is 68.3 Å². The summed E-state index contributed by atoms with van der Waals surface area (Å²) in [5.74, 6) is -0.387. The molecule has 1 aromatic heterocycles. The molecule has 0 saturated carbocycles. The number of aromatic nitrogens is 1. The van der Waals surface area contributed by atoms with Crippen molar-refractivity contribution in [3.8, 4) is 11.1 Å².